The smallest absolute Gasteiger partial charge is 0.226 e. The predicted octanol–water partition coefficient (Wildman–Crippen LogP) is 6.15. The van der Waals surface area contributed by atoms with Gasteiger partial charge in [-0.15, -0.1) is 0 Å². The maximum atomic E-state index is 14.4. The van der Waals surface area contributed by atoms with Crippen molar-refractivity contribution in [1.29, 1.82) is 0 Å². The van der Waals surface area contributed by atoms with E-state index in [4.69, 9.17) is 0 Å². The summed E-state index contributed by atoms with van der Waals surface area (Å²) in [6, 6.07) is 0. The average Bonchev–Trinajstić information content (AvgIpc) is 2.53. The van der Waals surface area contributed by atoms with E-state index in [-0.39, 0.29) is 0 Å². The van der Waals surface area contributed by atoms with E-state index in [2.05, 4.69) is 0 Å². The predicted molar refractivity (Wildman–Crippen MR) is 52.2 cm³/mol. The largest absolute Gasteiger partial charge is 0.432 e. The Morgan fingerprint density at radius 2 is 0.484 bits per heavy atom. The lowest BCUT2D eigenvalue weighted by atomic mass is 9.48. The lowest BCUT2D eigenvalue weighted by Gasteiger charge is -2.66. The first-order chi connectivity index (χ1) is 13.0. The monoisotopic (exact) mass is 512 g/mol. The summed E-state index contributed by atoms with van der Waals surface area (Å²) < 4.78 is 270. The lowest BCUT2D eigenvalue weighted by Crippen LogP contribution is -3.02. The highest BCUT2D eigenvalue weighted by atomic mass is 19.4. The van der Waals surface area contributed by atoms with Crippen LogP contribution in [-0.4, -0.2) is 64.6 Å². The normalized spacial score (nSPS) is 45.3. The molecule has 0 aromatic rings. The summed E-state index contributed by atoms with van der Waals surface area (Å²) in [6.45, 7) is 0. The Balaban J connectivity index is 3.38. The van der Waals surface area contributed by atoms with E-state index in [1.807, 2.05) is 0 Å². The van der Waals surface area contributed by atoms with Gasteiger partial charge in [-0.1, -0.05) is 0 Å². The maximum Gasteiger partial charge on any atom is 0.432 e. The van der Waals surface area contributed by atoms with Crippen LogP contribution in [0.5, 0.6) is 0 Å². The van der Waals surface area contributed by atoms with Gasteiger partial charge >= 0.3 is 53.3 Å². The number of alkyl halides is 20. The van der Waals surface area contributed by atoms with Gasteiger partial charge in [-0.2, -0.15) is 70.2 Å². The van der Waals surface area contributed by atoms with Gasteiger partial charge in [-0.3, -0.25) is 0 Å². The first-order valence-corrected chi connectivity index (χ1v) is 6.78. The van der Waals surface area contributed by atoms with Crippen LogP contribution in [0.2, 0.25) is 0 Å². The molecule has 0 radical (unpaired) electrons. The molecule has 20 heteroatoms. The third kappa shape index (κ3) is 1.78. The number of rotatable bonds is 0. The summed E-state index contributed by atoms with van der Waals surface area (Å²) in [4.78, 5) is 0. The van der Waals surface area contributed by atoms with E-state index < -0.39 is 64.6 Å². The summed E-state index contributed by atoms with van der Waals surface area (Å²) >= 11 is 0. The summed E-state index contributed by atoms with van der Waals surface area (Å²) in [5.41, 5.74) is -35.6. The second-order valence-corrected chi connectivity index (χ2v) is 6.50. The van der Waals surface area contributed by atoms with Crippen LogP contribution in [0, 0.1) is 0 Å². The van der Waals surface area contributed by atoms with Gasteiger partial charge in [0.15, 0.2) is 0 Å². The molecule has 0 aromatic heterocycles. The molecule has 0 heterocycles. The quantitative estimate of drug-likeness (QED) is 0.342. The van der Waals surface area contributed by atoms with E-state index in [0.717, 1.165) is 0 Å². The van der Waals surface area contributed by atoms with Crippen LogP contribution in [0.25, 0.3) is 0 Å². The Kier molecular flexibility index (Phi) is 4.35. The van der Waals surface area contributed by atoms with Crippen molar-refractivity contribution in [3.63, 3.8) is 0 Å². The molecule has 0 amide bonds. The van der Waals surface area contributed by atoms with Crippen molar-refractivity contribution in [3.8, 4) is 0 Å². The standard InChI is InChI=1S/C11F20/c12-1-3(14,10(26,27)28)8(22,23)7(20,21)2(13,5(1,16)17)4(15,11(29,30)31)9(24,25)6(1,18)19. The van der Waals surface area contributed by atoms with Gasteiger partial charge in [0.2, 0.25) is 0 Å². The fourth-order valence-corrected chi connectivity index (χ4v) is 3.54. The van der Waals surface area contributed by atoms with E-state index in [1.165, 1.54) is 0 Å². The minimum atomic E-state index is -8.93. The van der Waals surface area contributed by atoms with E-state index in [1.54, 1.807) is 0 Å². The van der Waals surface area contributed by atoms with Crippen LogP contribution in [0.4, 0.5) is 87.8 Å². The highest BCUT2D eigenvalue weighted by Gasteiger charge is 3.18. The SMILES string of the molecule is FC(F)(F)C1(F)C(F)(F)C(F)(F)C2(F)C(F)(F)C1(F)C(F)(F)C(F)(F)C2(F)C(F)(F)F. The van der Waals surface area contributed by atoms with Crippen molar-refractivity contribution < 1.29 is 87.8 Å². The van der Waals surface area contributed by atoms with Gasteiger partial charge in [0.25, 0.3) is 11.3 Å². The lowest BCUT2D eigenvalue weighted by molar-refractivity contribution is -0.571. The van der Waals surface area contributed by atoms with Crippen LogP contribution in [0.15, 0.2) is 0 Å². The second kappa shape index (κ2) is 5.22. The number of halogens is 20. The summed E-state index contributed by atoms with van der Waals surface area (Å²) in [5, 5.41) is 0. The fraction of sp³-hybridized carbons (Fsp3) is 1.00. The highest BCUT2D eigenvalue weighted by molar-refractivity contribution is 5.47. The van der Waals surface area contributed by atoms with Gasteiger partial charge in [-0.25, -0.2) is 17.6 Å². The first kappa shape index (κ1) is 25.9. The Bertz CT molecular complexity index is 724. The van der Waals surface area contributed by atoms with Gasteiger partial charge in [0.05, 0.1) is 0 Å². The molecule has 2 saturated carbocycles. The Morgan fingerprint density at radius 3 is 0.645 bits per heavy atom. The van der Waals surface area contributed by atoms with Gasteiger partial charge in [0, 0.05) is 0 Å². The molecule has 2 bridgehead atoms. The minimum Gasteiger partial charge on any atom is -0.226 e. The highest BCUT2D eigenvalue weighted by Crippen LogP contribution is 2.83. The molecule has 2 rings (SSSR count). The molecule has 0 spiro atoms. The Morgan fingerprint density at radius 1 is 0.290 bits per heavy atom. The Labute approximate surface area is 154 Å². The number of hydrogen-bond donors (Lipinski definition) is 0. The summed E-state index contributed by atoms with van der Waals surface area (Å²) in [6.07, 6.45) is -16.9. The molecule has 184 valence electrons. The van der Waals surface area contributed by atoms with E-state index >= 15 is 0 Å². The van der Waals surface area contributed by atoms with Gasteiger partial charge in [0.1, 0.15) is 0 Å². The zero-order valence-electron chi connectivity index (χ0n) is 13.1. The molecule has 0 aliphatic heterocycles. The van der Waals surface area contributed by atoms with Crippen LogP contribution in [0.1, 0.15) is 0 Å². The fourth-order valence-electron chi connectivity index (χ4n) is 3.54. The van der Waals surface area contributed by atoms with Crippen molar-refractivity contribution in [2.45, 2.75) is 64.6 Å². The molecule has 0 aromatic carbocycles. The summed E-state index contributed by atoms with van der Waals surface area (Å²) in [7, 11) is 0. The van der Waals surface area contributed by atoms with Crippen molar-refractivity contribution in [3.05, 3.63) is 0 Å². The molecule has 0 saturated heterocycles. The third-order valence-corrected chi connectivity index (χ3v) is 5.12. The molecule has 2 aliphatic carbocycles. The molecule has 2 fully saturated rings. The van der Waals surface area contributed by atoms with Crippen LogP contribution < -0.4 is 0 Å². The van der Waals surface area contributed by atoms with E-state index in [0.29, 0.717) is 0 Å². The summed E-state index contributed by atoms with van der Waals surface area (Å²) in [5.74, 6) is -44.1. The second-order valence-electron chi connectivity index (χ2n) is 6.50. The number of hydrogen-bond acceptors (Lipinski definition) is 0. The zero-order valence-corrected chi connectivity index (χ0v) is 13.1. The molecule has 4 atom stereocenters. The third-order valence-electron chi connectivity index (χ3n) is 5.12. The molecule has 4 unspecified atom stereocenters. The molecule has 2 aliphatic rings. The van der Waals surface area contributed by atoms with Crippen molar-refractivity contribution in [2.24, 2.45) is 0 Å². The average molecular weight is 512 g/mol. The number of fused-ring (bicyclic) bond motifs is 2. The van der Waals surface area contributed by atoms with Crippen LogP contribution >= 0.6 is 0 Å². The maximum absolute atomic E-state index is 14.4. The topological polar surface area (TPSA) is 0 Å². The van der Waals surface area contributed by atoms with Gasteiger partial charge in [-0.05, 0) is 0 Å². The Hall–Kier alpha value is -1.40. The molecular weight excluding hydrogens is 512 g/mol. The molecule has 31 heavy (non-hydrogen) atoms. The zero-order chi connectivity index (χ0) is 25.5. The molecule has 0 nitrogen and oxygen atoms in total. The van der Waals surface area contributed by atoms with Gasteiger partial charge < -0.3 is 0 Å². The van der Waals surface area contributed by atoms with Crippen LogP contribution in [-0.2, 0) is 0 Å². The van der Waals surface area contributed by atoms with Crippen molar-refractivity contribution >= 4 is 0 Å². The molecule has 0 N–H and O–H groups in total. The minimum absolute atomic E-state index is 8.46. The van der Waals surface area contributed by atoms with Crippen molar-refractivity contribution in [1.82, 2.24) is 0 Å². The first-order valence-electron chi connectivity index (χ1n) is 6.78. The van der Waals surface area contributed by atoms with Crippen LogP contribution in [0.3, 0.4) is 0 Å². The van der Waals surface area contributed by atoms with Crippen molar-refractivity contribution in [2.75, 3.05) is 0 Å². The molecular formula is C11F20. The van der Waals surface area contributed by atoms with E-state index in [9.17, 15) is 87.8 Å².